The number of nitrogens with one attached hydrogen (secondary N) is 1. The fourth-order valence-corrected chi connectivity index (χ4v) is 3.58. The second kappa shape index (κ2) is 6.68. The van der Waals surface area contributed by atoms with Crippen molar-refractivity contribution < 1.29 is 4.79 Å². The smallest absolute Gasteiger partial charge is 0.329 e. The number of carbonyl (C=O) groups is 1. The number of rotatable bonds is 5. The number of aromatic amines is 1. The third-order valence-electron chi connectivity index (χ3n) is 4.86. The van der Waals surface area contributed by atoms with Crippen molar-refractivity contribution in [1.82, 2.24) is 14.5 Å². The summed E-state index contributed by atoms with van der Waals surface area (Å²) in [4.78, 5) is 40.6. The van der Waals surface area contributed by atoms with Gasteiger partial charge < -0.3 is 5.73 Å². The van der Waals surface area contributed by atoms with Crippen LogP contribution in [0.3, 0.4) is 0 Å². The summed E-state index contributed by atoms with van der Waals surface area (Å²) in [5.74, 6) is -0.450. The van der Waals surface area contributed by atoms with Crippen LogP contribution in [0.15, 0.2) is 33.9 Å². The van der Waals surface area contributed by atoms with Gasteiger partial charge in [0, 0.05) is 12.6 Å². The van der Waals surface area contributed by atoms with E-state index in [2.05, 4.69) is 17.1 Å². The molecule has 7 nitrogen and oxygen atoms in total. The summed E-state index contributed by atoms with van der Waals surface area (Å²) < 4.78 is 1.19. The molecule has 0 amide bonds. The van der Waals surface area contributed by atoms with Crippen LogP contribution in [-0.4, -0.2) is 33.8 Å². The van der Waals surface area contributed by atoms with E-state index in [1.165, 1.54) is 15.7 Å². The molecule has 25 heavy (non-hydrogen) atoms. The van der Waals surface area contributed by atoms with E-state index in [0.29, 0.717) is 0 Å². The molecule has 1 aromatic heterocycles. The Balaban J connectivity index is 1.86. The number of carbonyl (C=O) groups excluding carboxylic acids is 1. The van der Waals surface area contributed by atoms with E-state index in [1.54, 1.807) is 6.92 Å². The van der Waals surface area contributed by atoms with Crippen molar-refractivity contribution in [3.05, 3.63) is 61.8 Å². The molecule has 0 fully saturated rings. The number of benzene rings is 1. The van der Waals surface area contributed by atoms with Crippen molar-refractivity contribution in [3.63, 3.8) is 0 Å². The second-order valence-electron chi connectivity index (χ2n) is 6.36. The summed E-state index contributed by atoms with van der Waals surface area (Å²) in [6.07, 6.45) is 1.91. The number of hydrogen-bond acceptors (Lipinski definition) is 5. The molecule has 0 aliphatic heterocycles. The highest BCUT2D eigenvalue weighted by Gasteiger charge is 2.28. The van der Waals surface area contributed by atoms with Crippen LogP contribution in [0.1, 0.15) is 40.9 Å². The van der Waals surface area contributed by atoms with Crippen molar-refractivity contribution >= 4 is 11.6 Å². The number of H-pyrrole nitrogens is 1. The molecular formula is C18H22N4O3. The molecule has 132 valence electrons. The predicted octanol–water partition coefficient (Wildman–Crippen LogP) is 0.941. The Morgan fingerprint density at radius 1 is 1.36 bits per heavy atom. The van der Waals surface area contributed by atoms with E-state index >= 15 is 0 Å². The first-order valence-corrected chi connectivity index (χ1v) is 8.37. The van der Waals surface area contributed by atoms with Crippen molar-refractivity contribution in [3.8, 4) is 0 Å². The number of fused-ring (bicyclic) bond motifs is 1. The number of likely N-dealkylation sites (N-methyl/N-ethyl adjacent to an activating group) is 1. The van der Waals surface area contributed by atoms with Gasteiger partial charge in [-0.15, -0.1) is 0 Å². The number of nitrogens with zero attached hydrogens (tertiary/aromatic N) is 2. The number of Topliss-reactive ketones (excluding diaryl/α,β-unsaturated/α-hetero) is 1. The molecular weight excluding hydrogens is 320 g/mol. The van der Waals surface area contributed by atoms with Crippen LogP contribution < -0.4 is 17.0 Å². The van der Waals surface area contributed by atoms with Gasteiger partial charge in [0.05, 0.1) is 6.54 Å². The normalized spacial score (nSPS) is 16.2. The minimum Gasteiger partial charge on any atom is -0.384 e. The topological polar surface area (TPSA) is 101 Å². The third kappa shape index (κ3) is 3.02. The fraction of sp³-hybridized carbons (Fsp3) is 0.389. The van der Waals surface area contributed by atoms with E-state index in [0.717, 1.165) is 12.8 Å². The van der Waals surface area contributed by atoms with Gasteiger partial charge in [-0.05, 0) is 37.9 Å². The van der Waals surface area contributed by atoms with Crippen LogP contribution in [-0.2, 0) is 13.0 Å². The van der Waals surface area contributed by atoms with Gasteiger partial charge in [0.1, 0.15) is 11.4 Å². The van der Waals surface area contributed by atoms with Gasteiger partial charge >= 0.3 is 5.69 Å². The number of aryl methyl sites for hydroxylation is 1. The quantitative estimate of drug-likeness (QED) is 0.788. The van der Waals surface area contributed by atoms with Crippen molar-refractivity contribution in [2.24, 2.45) is 0 Å². The Kier molecular flexibility index (Phi) is 4.59. The Labute approximate surface area is 145 Å². The maximum Gasteiger partial charge on any atom is 0.329 e. The number of nitrogens with two attached hydrogens (primary N) is 1. The Morgan fingerprint density at radius 3 is 2.80 bits per heavy atom. The number of aromatic nitrogens is 2. The van der Waals surface area contributed by atoms with Crippen molar-refractivity contribution in [1.29, 1.82) is 0 Å². The third-order valence-corrected chi connectivity index (χ3v) is 4.86. The summed E-state index contributed by atoms with van der Waals surface area (Å²) in [5, 5.41) is 0. The molecule has 0 unspecified atom stereocenters. The Morgan fingerprint density at radius 2 is 2.08 bits per heavy atom. The minimum atomic E-state index is -0.725. The molecule has 1 aliphatic carbocycles. The van der Waals surface area contributed by atoms with E-state index < -0.39 is 11.2 Å². The highest BCUT2D eigenvalue weighted by Crippen LogP contribution is 2.34. The van der Waals surface area contributed by atoms with Crippen LogP contribution in [0.4, 0.5) is 5.82 Å². The first-order chi connectivity index (χ1) is 11.9. The summed E-state index contributed by atoms with van der Waals surface area (Å²) in [6.45, 7) is 2.08. The largest absolute Gasteiger partial charge is 0.384 e. The van der Waals surface area contributed by atoms with Crippen LogP contribution >= 0.6 is 0 Å². The minimum absolute atomic E-state index is 0.0637. The lowest BCUT2D eigenvalue weighted by Crippen LogP contribution is -2.38. The average molecular weight is 342 g/mol. The van der Waals surface area contributed by atoms with E-state index in [1.807, 2.05) is 24.1 Å². The standard InChI is InChI=1S/C18H22N4O3/c1-3-22-16(19)15(17(24)20-18(22)25)14(23)10-21(2)13-9-8-11-6-4-5-7-12(11)13/h4-7,13H,3,8-10,19H2,1-2H3,(H,20,24,25)/t13-/m1/s1. The van der Waals surface area contributed by atoms with Crippen LogP contribution in [0.5, 0.6) is 0 Å². The lowest BCUT2D eigenvalue weighted by Gasteiger charge is -2.24. The number of anilines is 1. The second-order valence-corrected chi connectivity index (χ2v) is 6.36. The maximum atomic E-state index is 12.7. The van der Waals surface area contributed by atoms with Gasteiger partial charge in [-0.2, -0.15) is 0 Å². The summed E-state index contributed by atoms with van der Waals surface area (Å²) in [7, 11) is 1.87. The van der Waals surface area contributed by atoms with Gasteiger partial charge in [0.25, 0.3) is 5.56 Å². The summed E-state index contributed by atoms with van der Waals surface area (Å²) in [5.41, 5.74) is 6.96. The number of nitrogen functional groups attached to an aromatic ring is 1. The Bertz CT molecular complexity index is 929. The van der Waals surface area contributed by atoms with E-state index in [4.69, 9.17) is 5.73 Å². The number of ketones is 1. The van der Waals surface area contributed by atoms with Crippen LogP contribution in [0, 0.1) is 0 Å². The molecule has 7 heteroatoms. The van der Waals surface area contributed by atoms with E-state index in [-0.39, 0.29) is 36.3 Å². The highest BCUT2D eigenvalue weighted by atomic mass is 16.2. The van der Waals surface area contributed by atoms with Crippen molar-refractivity contribution in [2.75, 3.05) is 19.3 Å². The average Bonchev–Trinajstić information content (AvgIpc) is 2.98. The summed E-state index contributed by atoms with van der Waals surface area (Å²) in [6, 6.07) is 8.32. The predicted molar refractivity (Wildman–Crippen MR) is 95.9 cm³/mol. The van der Waals surface area contributed by atoms with Crippen molar-refractivity contribution in [2.45, 2.75) is 32.4 Å². The SMILES string of the molecule is CCn1c(N)c(C(=O)CN(C)[C@@H]2CCc3ccccc32)c(=O)[nH]c1=O. The molecule has 1 atom stereocenters. The lowest BCUT2D eigenvalue weighted by molar-refractivity contribution is 0.0918. The highest BCUT2D eigenvalue weighted by molar-refractivity contribution is 6.01. The van der Waals surface area contributed by atoms with Gasteiger partial charge in [-0.25, -0.2) is 4.79 Å². The molecule has 0 saturated carbocycles. The fourth-order valence-electron chi connectivity index (χ4n) is 3.58. The molecule has 0 bridgehead atoms. The zero-order valence-electron chi connectivity index (χ0n) is 14.4. The molecule has 3 N–H and O–H groups in total. The zero-order chi connectivity index (χ0) is 18.1. The van der Waals surface area contributed by atoms with Gasteiger partial charge in [-0.1, -0.05) is 24.3 Å². The monoisotopic (exact) mass is 342 g/mol. The maximum absolute atomic E-state index is 12.7. The first kappa shape index (κ1) is 17.2. The van der Waals surface area contributed by atoms with Crippen LogP contribution in [0.25, 0.3) is 0 Å². The number of hydrogen-bond donors (Lipinski definition) is 2. The summed E-state index contributed by atoms with van der Waals surface area (Å²) >= 11 is 0. The zero-order valence-corrected chi connectivity index (χ0v) is 14.4. The van der Waals surface area contributed by atoms with Gasteiger partial charge in [0.15, 0.2) is 5.78 Å². The molecule has 0 saturated heterocycles. The molecule has 1 aliphatic rings. The van der Waals surface area contributed by atoms with Gasteiger partial charge in [0.2, 0.25) is 0 Å². The van der Waals surface area contributed by atoms with Crippen LogP contribution in [0.2, 0.25) is 0 Å². The Hall–Kier alpha value is -2.67. The lowest BCUT2D eigenvalue weighted by atomic mass is 10.1. The molecule has 2 aromatic rings. The molecule has 1 aromatic carbocycles. The molecule has 1 heterocycles. The van der Waals surface area contributed by atoms with Gasteiger partial charge in [-0.3, -0.25) is 24.0 Å². The van der Waals surface area contributed by atoms with E-state index in [9.17, 15) is 14.4 Å². The molecule has 3 rings (SSSR count). The molecule has 0 radical (unpaired) electrons. The molecule has 0 spiro atoms. The first-order valence-electron chi connectivity index (χ1n) is 8.37.